The minimum absolute atomic E-state index is 0.223. The fourth-order valence-corrected chi connectivity index (χ4v) is 0.862. The van der Waals surface area contributed by atoms with Gasteiger partial charge in [-0.1, -0.05) is 6.92 Å². The van der Waals surface area contributed by atoms with Gasteiger partial charge in [0, 0.05) is 13.2 Å². The summed E-state index contributed by atoms with van der Waals surface area (Å²) < 4.78 is 16.9. The Hall–Kier alpha value is -0.150. The first-order valence-corrected chi connectivity index (χ1v) is 4.76. The SMILES string of the molecule is CCCOCCCNCCCF. The molecule has 0 aromatic rings. The van der Waals surface area contributed by atoms with Gasteiger partial charge < -0.3 is 10.1 Å². The molecule has 0 bridgehead atoms. The average Bonchev–Trinajstić information content (AvgIpc) is 2.10. The van der Waals surface area contributed by atoms with Crippen LogP contribution in [0.3, 0.4) is 0 Å². The molecular weight excluding hydrogens is 157 g/mol. The van der Waals surface area contributed by atoms with Crippen molar-refractivity contribution in [2.24, 2.45) is 0 Å². The lowest BCUT2D eigenvalue weighted by atomic mass is 10.4. The molecule has 0 aromatic carbocycles. The van der Waals surface area contributed by atoms with Crippen molar-refractivity contribution in [1.82, 2.24) is 5.32 Å². The third-order valence-corrected chi connectivity index (χ3v) is 1.48. The Labute approximate surface area is 74.5 Å². The second-order valence-electron chi connectivity index (χ2n) is 2.76. The summed E-state index contributed by atoms with van der Waals surface area (Å²) in [5.41, 5.74) is 0. The number of alkyl halides is 1. The van der Waals surface area contributed by atoms with Crippen LogP contribution in [0, 0.1) is 0 Å². The van der Waals surface area contributed by atoms with Gasteiger partial charge in [0.05, 0.1) is 6.67 Å². The van der Waals surface area contributed by atoms with Gasteiger partial charge in [0.2, 0.25) is 0 Å². The molecule has 0 saturated heterocycles. The lowest BCUT2D eigenvalue weighted by Gasteiger charge is -2.03. The minimum atomic E-state index is -0.223. The number of rotatable bonds is 9. The summed E-state index contributed by atoms with van der Waals surface area (Å²) in [6.45, 7) is 5.26. The fourth-order valence-electron chi connectivity index (χ4n) is 0.862. The molecule has 0 heterocycles. The summed E-state index contributed by atoms with van der Waals surface area (Å²) in [7, 11) is 0. The lowest BCUT2D eigenvalue weighted by Crippen LogP contribution is -2.18. The molecule has 0 saturated carbocycles. The molecule has 0 fully saturated rings. The van der Waals surface area contributed by atoms with Gasteiger partial charge in [0.1, 0.15) is 0 Å². The normalized spacial score (nSPS) is 10.5. The largest absolute Gasteiger partial charge is 0.381 e. The van der Waals surface area contributed by atoms with Crippen LogP contribution in [0.4, 0.5) is 4.39 Å². The summed E-state index contributed by atoms with van der Waals surface area (Å²) in [5.74, 6) is 0. The number of halogens is 1. The van der Waals surface area contributed by atoms with Crippen LogP contribution in [0.5, 0.6) is 0 Å². The monoisotopic (exact) mass is 177 g/mol. The molecule has 0 aliphatic heterocycles. The fraction of sp³-hybridized carbons (Fsp3) is 1.00. The van der Waals surface area contributed by atoms with Gasteiger partial charge in [-0.2, -0.15) is 0 Å². The Kier molecular flexibility index (Phi) is 10.7. The van der Waals surface area contributed by atoms with Crippen molar-refractivity contribution < 1.29 is 9.13 Å². The zero-order chi connectivity index (χ0) is 9.07. The van der Waals surface area contributed by atoms with E-state index in [9.17, 15) is 4.39 Å². The van der Waals surface area contributed by atoms with E-state index in [0.29, 0.717) is 6.42 Å². The van der Waals surface area contributed by atoms with Crippen LogP contribution >= 0.6 is 0 Å². The first kappa shape index (κ1) is 11.8. The third kappa shape index (κ3) is 9.85. The maximum absolute atomic E-state index is 11.6. The van der Waals surface area contributed by atoms with E-state index in [2.05, 4.69) is 12.2 Å². The Morgan fingerprint density at radius 3 is 2.58 bits per heavy atom. The van der Waals surface area contributed by atoms with E-state index in [4.69, 9.17) is 4.74 Å². The maximum Gasteiger partial charge on any atom is 0.0906 e. The molecule has 0 amide bonds. The van der Waals surface area contributed by atoms with E-state index in [1.54, 1.807) is 0 Å². The molecule has 0 radical (unpaired) electrons. The van der Waals surface area contributed by atoms with E-state index in [1.165, 1.54) is 0 Å². The minimum Gasteiger partial charge on any atom is -0.381 e. The van der Waals surface area contributed by atoms with Gasteiger partial charge in [0.15, 0.2) is 0 Å². The molecule has 1 N–H and O–H groups in total. The number of ether oxygens (including phenoxy) is 1. The smallest absolute Gasteiger partial charge is 0.0906 e. The third-order valence-electron chi connectivity index (χ3n) is 1.48. The molecule has 0 aliphatic rings. The van der Waals surface area contributed by atoms with Crippen LogP contribution in [0.25, 0.3) is 0 Å². The molecule has 0 aliphatic carbocycles. The van der Waals surface area contributed by atoms with Gasteiger partial charge in [-0.05, 0) is 32.4 Å². The Balaban J connectivity index is 2.73. The van der Waals surface area contributed by atoms with Crippen molar-refractivity contribution in [1.29, 1.82) is 0 Å². The van der Waals surface area contributed by atoms with E-state index >= 15 is 0 Å². The highest BCUT2D eigenvalue weighted by Gasteiger charge is 1.88. The predicted octanol–water partition coefficient (Wildman–Crippen LogP) is 1.75. The van der Waals surface area contributed by atoms with Gasteiger partial charge in [-0.15, -0.1) is 0 Å². The second-order valence-corrected chi connectivity index (χ2v) is 2.76. The number of hydrogen-bond donors (Lipinski definition) is 1. The highest BCUT2D eigenvalue weighted by Crippen LogP contribution is 1.84. The van der Waals surface area contributed by atoms with Crippen LogP contribution in [-0.4, -0.2) is 33.0 Å². The zero-order valence-electron chi connectivity index (χ0n) is 7.94. The Morgan fingerprint density at radius 2 is 1.92 bits per heavy atom. The van der Waals surface area contributed by atoms with Gasteiger partial charge in [-0.3, -0.25) is 4.39 Å². The van der Waals surface area contributed by atoms with Crippen molar-refractivity contribution >= 4 is 0 Å². The molecule has 0 unspecified atom stereocenters. The highest BCUT2D eigenvalue weighted by atomic mass is 19.1. The molecule has 0 atom stereocenters. The lowest BCUT2D eigenvalue weighted by molar-refractivity contribution is 0.132. The van der Waals surface area contributed by atoms with Crippen LogP contribution in [0.15, 0.2) is 0 Å². The first-order valence-electron chi connectivity index (χ1n) is 4.76. The van der Waals surface area contributed by atoms with Crippen molar-refractivity contribution in [2.45, 2.75) is 26.2 Å². The molecule has 74 valence electrons. The molecular formula is C9H20FNO. The van der Waals surface area contributed by atoms with Crippen LogP contribution in [-0.2, 0) is 4.74 Å². The van der Waals surface area contributed by atoms with Crippen molar-refractivity contribution in [3.05, 3.63) is 0 Å². The summed E-state index contributed by atoms with van der Waals surface area (Å²) in [6, 6.07) is 0. The molecule has 0 aromatic heterocycles. The average molecular weight is 177 g/mol. The Bertz CT molecular complexity index is 70.9. The standard InChI is InChI=1S/C9H20FNO/c1-2-8-12-9-4-7-11-6-3-5-10/h11H,2-9H2,1H3. The summed E-state index contributed by atoms with van der Waals surface area (Å²) in [5, 5.41) is 3.14. The second kappa shape index (κ2) is 10.8. The van der Waals surface area contributed by atoms with Crippen molar-refractivity contribution in [2.75, 3.05) is 33.0 Å². The number of nitrogens with one attached hydrogen (secondary N) is 1. The predicted molar refractivity (Wildman–Crippen MR) is 49.2 cm³/mol. The molecule has 2 nitrogen and oxygen atoms in total. The summed E-state index contributed by atoms with van der Waals surface area (Å²) >= 11 is 0. The van der Waals surface area contributed by atoms with E-state index in [-0.39, 0.29) is 6.67 Å². The summed E-state index contributed by atoms with van der Waals surface area (Å²) in [6.07, 6.45) is 2.72. The van der Waals surface area contributed by atoms with E-state index in [0.717, 1.165) is 39.1 Å². The molecule has 0 spiro atoms. The maximum atomic E-state index is 11.6. The van der Waals surface area contributed by atoms with Gasteiger partial charge in [0.25, 0.3) is 0 Å². The first-order chi connectivity index (χ1) is 5.91. The zero-order valence-corrected chi connectivity index (χ0v) is 7.94. The van der Waals surface area contributed by atoms with Crippen molar-refractivity contribution in [3.63, 3.8) is 0 Å². The topological polar surface area (TPSA) is 21.3 Å². The molecule has 3 heteroatoms. The van der Waals surface area contributed by atoms with Crippen molar-refractivity contribution in [3.8, 4) is 0 Å². The van der Waals surface area contributed by atoms with Gasteiger partial charge in [-0.25, -0.2) is 0 Å². The van der Waals surface area contributed by atoms with E-state index in [1.807, 2.05) is 0 Å². The Morgan fingerprint density at radius 1 is 1.17 bits per heavy atom. The van der Waals surface area contributed by atoms with Crippen LogP contribution in [0.1, 0.15) is 26.2 Å². The van der Waals surface area contributed by atoms with Gasteiger partial charge >= 0.3 is 0 Å². The highest BCUT2D eigenvalue weighted by molar-refractivity contribution is 4.46. The van der Waals surface area contributed by atoms with Crippen LogP contribution < -0.4 is 5.32 Å². The molecule has 0 rings (SSSR count). The molecule has 12 heavy (non-hydrogen) atoms. The summed E-state index contributed by atoms with van der Waals surface area (Å²) in [4.78, 5) is 0. The van der Waals surface area contributed by atoms with Crippen LogP contribution in [0.2, 0.25) is 0 Å². The number of hydrogen-bond acceptors (Lipinski definition) is 2. The quantitative estimate of drug-likeness (QED) is 0.542. The van der Waals surface area contributed by atoms with E-state index < -0.39 is 0 Å².